The van der Waals surface area contributed by atoms with Gasteiger partial charge in [0.1, 0.15) is 0 Å². The zero-order valence-electron chi connectivity index (χ0n) is 16.9. The molecule has 0 bridgehead atoms. The van der Waals surface area contributed by atoms with E-state index in [0.29, 0.717) is 42.6 Å². The van der Waals surface area contributed by atoms with Crippen molar-refractivity contribution in [3.8, 4) is 10.7 Å². The van der Waals surface area contributed by atoms with Gasteiger partial charge in [0.2, 0.25) is 17.6 Å². The smallest absolute Gasteiger partial charge is 0.226 e. The van der Waals surface area contributed by atoms with Gasteiger partial charge in [0.05, 0.1) is 11.0 Å². The van der Waals surface area contributed by atoms with Gasteiger partial charge in [0.25, 0.3) is 0 Å². The maximum absolute atomic E-state index is 13.0. The fourth-order valence-electron chi connectivity index (χ4n) is 4.99. The van der Waals surface area contributed by atoms with Gasteiger partial charge in [-0.2, -0.15) is 4.98 Å². The molecule has 1 aliphatic heterocycles. The zero-order chi connectivity index (χ0) is 19.7. The third-order valence-corrected chi connectivity index (χ3v) is 7.02. The van der Waals surface area contributed by atoms with E-state index in [-0.39, 0.29) is 11.3 Å². The molecule has 2 fully saturated rings. The highest BCUT2D eigenvalue weighted by atomic mass is 32.1. The summed E-state index contributed by atoms with van der Waals surface area (Å²) in [5, 5.41) is 6.04. The number of hydrogen-bond donors (Lipinski definition) is 0. The van der Waals surface area contributed by atoms with E-state index < -0.39 is 0 Å². The van der Waals surface area contributed by atoms with Crippen molar-refractivity contribution in [3.05, 3.63) is 23.4 Å². The van der Waals surface area contributed by atoms with Crippen molar-refractivity contribution in [3.63, 3.8) is 0 Å². The van der Waals surface area contributed by atoms with Gasteiger partial charge in [-0.15, -0.1) is 11.3 Å². The lowest BCUT2D eigenvalue weighted by Gasteiger charge is -2.58. The molecule has 1 saturated carbocycles. The Hall–Kier alpha value is -1.73. The summed E-state index contributed by atoms with van der Waals surface area (Å²) < 4.78 is 11.3. The largest absolute Gasteiger partial charge is 0.377 e. The van der Waals surface area contributed by atoms with Crippen LogP contribution in [0.25, 0.3) is 10.7 Å². The number of aryl methyl sites for hydroxylation is 1. The summed E-state index contributed by atoms with van der Waals surface area (Å²) in [6, 6.07) is 4.24. The Bertz CT molecular complexity index is 802. The Kier molecular flexibility index (Phi) is 5.56. The number of ether oxygens (including phenoxy) is 1. The second-order valence-corrected chi connectivity index (χ2v) is 9.39. The Morgan fingerprint density at radius 2 is 2.29 bits per heavy atom. The molecule has 2 aliphatic rings. The van der Waals surface area contributed by atoms with E-state index in [0.717, 1.165) is 37.3 Å². The predicted molar refractivity (Wildman–Crippen MR) is 108 cm³/mol. The van der Waals surface area contributed by atoms with Crippen LogP contribution in [0, 0.1) is 11.3 Å². The number of amides is 1. The van der Waals surface area contributed by atoms with Crippen molar-refractivity contribution in [1.29, 1.82) is 0 Å². The molecular weight excluding hydrogens is 374 g/mol. The zero-order valence-corrected chi connectivity index (χ0v) is 17.7. The molecule has 0 unspecified atom stereocenters. The van der Waals surface area contributed by atoms with E-state index in [9.17, 15) is 4.79 Å². The molecule has 0 aromatic carbocycles. The van der Waals surface area contributed by atoms with Crippen molar-refractivity contribution in [2.45, 2.75) is 65.0 Å². The lowest BCUT2D eigenvalue weighted by atomic mass is 9.56. The first kappa shape index (κ1) is 19.6. The van der Waals surface area contributed by atoms with Crippen LogP contribution in [0.2, 0.25) is 0 Å². The van der Waals surface area contributed by atoms with Crippen LogP contribution in [0.5, 0.6) is 0 Å². The molecule has 3 heterocycles. The van der Waals surface area contributed by atoms with Crippen molar-refractivity contribution < 1.29 is 14.1 Å². The minimum Gasteiger partial charge on any atom is -0.377 e. The van der Waals surface area contributed by atoms with Crippen LogP contribution in [-0.4, -0.2) is 46.2 Å². The van der Waals surface area contributed by atoms with E-state index >= 15 is 0 Å². The average molecular weight is 404 g/mol. The SMILES string of the molecule is CCCN(C(=O)CCCc1nc(-c2cccs2)no1)[C@@H]1[C@H]2CCO[C@@H]2C1(C)C. The van der Waals surface area contributed by atoms with Crippen LogP contribution in [0.4, 0.5) is 0 Å². The van der Waals surface area contributed by atoms with Crippen molar-refractivity contribution in [1.82, 2.24) is 15.0 Å². The van der Waals surface area contributed by atoms with E-state index in [2.05, 4.69) is 35.8 Å². The maximum atomic E-state index is 13.0. The molecule has 0 radical (unpaired) electrons. The molecule has 152 valence electrons. The highest BCUT2D eigenvalue weighted by Crippen LogP contribution is 2.54. The van der Waals surface area contributed by atoms with Crippen LogP contribution in [0.15, 0.2) is 22.0 Å². The van der Waals surface area contributed by atoms with Gasteiger partial charge in [-0.05, 0) is 30.7 Å². The number of carbonyl (C=O) groups excluding carboxylic acids is 1. The third-order valence-electron chi connectivity index (χ3n) is 6.15. The number of nitrogens with zero attached hydrogens (tertiary/aromatic N) is 3. The number of carbonyl (C=O) groups is 1. The Morgan fingerprint density at radius 1 is 1.43 bits per heavy atom. The predicted octanol–water partition coefficient (Wildman–Crippen LogP) is 4.17. The Balaban J connectivity index is 1.34. The molecule has 28 heavy (non-hydrogen) atoms. The van der Waals surface area contributed by atoms with Crippen molar-refractivity contribution in [2.75, 3.05) is 13.2 Å². The lowest BCUT2D eigenvalue weighted by Crippen LogP contribution is -2.67. The number of thiophene rings is 1. The van der Waals surface area contributed by atoms with Crippen molar-refractivity contribution in [2.24, 2.45) is 11.3 Å². The van der Waals surface area contributed by atoms with Crippen LogP contribution < -0.4 is 0 Å². The normalized spacial score (nSPS) is 25.3. The fourth-order valence-corrected chi connectivity index (χ4v) is 5.64. The molecule has 2 aromatic heterocycles. The van der Waals surface area contributed by atoms with Gasteiger partial charge in [-0.1, -0.05) is 32.0 Å². The highest BCUT2D eigenvalue weighted by molar-refractivity contribution is 7.13. The highest BCUT2D eigenvalue weighted by Gasteiger charge is 2.61. The first-order valence-corrected chi connectivity index (χ1v) is 11.2. The number of aromatic nitrogens is 2. The monoisotopic (exact) mass is 403 g/mol. The van der Waals surface area contributed by atoms with Gasteiger partial charge in [0, 0.05) is 43.4 Å². The van der Waals surface area contributed by atoms with Crippen LogP contribution in [0.1, 0.15) is 52.3 Å². The second-order valence-electron chi connectivity index (χ2n) is 8.44. The van der Waals surface area contributed by atoms with Gasteiger partial charge >= 0.3 is 0 Å². The van der Waals surface area contributed by atoms with E-state index in [1.165, 1.54) is 0 Å². The lowest BCUT2D eigenvalue weighted by molar-refractivity contribution is -0.171. The molecule has 7 heteroatoms. The van der Waals surface area contributed by atoms with Crippen LogP contribution >= 0.6 is 11.3 Å². The summed E-state index contributed by atoms with van der Waals surface area (Å²) in [6.45, 7) is 8.26. The minimum absolute atomic E-state index is 0.0358. The first-order valence-electron chi connectivity index (χ1n) is 10.3. The first-order chi connectivity index (χ1) is 13.5. The molecule has 0 N–H and O–H groups in total. The van der Waals surface area contributed by atoms with E-state index in [1.54, 1.807) is 11.3 Å². The summed E-state index contributed by atoms with van der Waals surface area (Å²) in [6.07, 6.45) is 4.22. The van der Waals surface area contributed by atoms with Crippen LogP contribution in [-0.2, 0) is 16.0 Å². The summed E-state index contributed by atoms with van der Waals surface area (Å²) in [7, 11) is 0. The van der Waals surface area contributed by atoms with Crippen molar-refractivity contribution >= 4 is 17.2 Å². The molecule has 6 nitrogen and oxygen atoms in total. The average Bonchev–Trinajstić information content (AvgIpc) is 3.41. The van der Waals surface area contributed by atoms with Gasteiger partial charge in [-0.25, -0.2) is 0 Å². The molecule has 1 amide bonds. The molecular formula is C21H29N3O3S. The molecule has 4 rings (SSSR count). The quantitative estimate of drug-likeness (QED) is 0.662. The summed E-state index contributed by atoms with van der Waals surface area (Å²) in [5.74, 6) is 1.97. The van der Waals surface area contributed by atoms with Gasteiger partial charge in [-0.3, -0.25) is 4.79 Å². The Morgan fingerprint density at radius 3 is 3.04 bits per heavy atom. The second kappa shape index (κ2) is 7.95. The molecule has 1 aliphatic carbocycles. The number of rotatable bonds is 8. The number of hydrogen-bond acceptors (Lipinski definition) is 6. The van der Waals surface area contributed by atoms with Gasteiger partial charge in [0.15, 0.2) is 0 Å². The van der Waals surface area contributed by atoms with Gasteiger partial charge < -0.3 is 14.2 Å². The summed E-state index contributed by atoms with van der Waals surface area (Å²) in [4.78, 5) is 20.6. The summed E-state index contributed by atoms with van der Waals surface area (Å²) in [5.41, 5.74) is 0.0358. The molecule has 3 atom stereocenters. The number of fused-ring (bicyclic) bond motifs is 1. The standard InChI is InChI=1S/C21H29N3O3S/c1-4-11-24(18-14-10-12-26-19(14)21(18,2)3)17(25)9-5-8-16-22-20(23-27-16)15-7-6-13-28-15/h6-7,13-14,18-19H,4-5,8-12H2,1-3H3/t14-,18-,19+/m1/s1. The summed E-state index contributed by atoms with van der Waals surface area (Å²) >= 11 is 1.59. The van der Waals surface area contributed by atoms with Crippen LogP contribution in [0.3, 0.4) is 0 Å². The minimum atomic E-state index is 0.0358. The van der Waals surface area contributed by atoms with E-state index in [4.69, 9.17) is 9.26 Å². The Labute approximate surface area is 170 Å². The third kappa shape index (κ3) is 3.50. The van der Waals surface area contributed by atoms with E-state index in [1.807, 2.05) is 17.5 Å². The fraction of sp³-hybridized carbons (Fsp3) is 0.667. The molecule has 0 spiro atoms. The molecule has 1 saturated heterocycles. The molecule has 2 aromatic rings. The topological polar surface area (TPSA) is 68.5 Å². The maximum Gasteiger partial charge on any atom is 0.226 e.